The van der Waals surface area contributed by atoms with Gasteiger partial charge in [0.1, 0.15) is 5.82 Å². The van der Waals surface area contributed by atoms with Crippen LogP contribution in [0, 0.1) is 0 Å². The van der Waals surface area contributed by atoms with Crippen molar-refractivity contribution in [2.45, 2.75) is 31.8 Å². The van der Waals surface area contributed by atoms with Gasteiger partial charge in [0.05, 0.1) is 18.4 Å². The van der Waals surface area contributed by atoms with Crippen molar-refractivity contribution in [3.05, 3.63) is 48.1 Å². The zero-order chi connectivity index (χ0) is 22.8. The molecule has 10 nitrogen and oxygen atoms in total. The van der Waals surface area contributed by atoms with Crippen molar-refractivity contribution in [1.29, 1.82) is 0 Å². The van der Waals surface area contributed by atoms with Crippen molar-refractivity contribution < 1.29 is 19.1 Å². The van der Waals surface area contributed by atoms with E-state index in [4.69, 9.17) is 19.1 Å². The molecule has 1 amide bonds. The summed E-state index contributed by atoms with van der Waals surface area (Å²) in [5.41, 5.74) is 3.54. The van der Waals surface area contributed by atoms with Gasteiger partial charge in [0.25, 0.3) is 0 Å². The van der Waals surface area contributed by atoms with Crippen LogP contribution in [0.5, 0.6) is 0 Å². The van der Waals surface area contributed by atoms with Crippen LogP contribution >= 0.6 is 0 Å². The van der Waals surface area contributed by atoms with Gasteiger partial charge in [-0.25, -0.2) is 14.8 Å². The van der Waals surface area contributed by atoms with Crippen LogP contribution in [0.2, 0.25) is 0 Å². The van der Waals surface area contributed by atoms with Gasteiger partial charge in [0, 0.05) is 56.1 Å². The van der Waals surface area contributed by atoms with Crippen LogP contribution < -0.4 is 10.2 Å². The fraction of sp³-hybridized carbons (Fsp3) is 0.391. The Kier molecular flexibility index (Phi) is 5.82. The predicted molar refractivity (Wildman–Crippen MR) is 122 cm³/mol. The number of benzene rings is 1. The second-order valence-corrected chi connectivity index (χ2v) is 8.27. The van der Waals surface area contributed by atoms with E-state index in [1.807, 2.05) is 31.3 Å². The molecule has 2 N–H and O–H groups in total. The van der Waals surface area contributed by atoms with E-state index in [1.165, 1.54) is 11.3 Å². The standard InChI is InChI=1S/C23H26N6O4/c1-28(17-7-10-32-11-8-17)21-18-13-29(23(30)31)9-6-19(18)26-22(27-21)25-16-4-2-15(3-5-16)20-12-24-14-33-20/h2-5,12,14,17H,6-11,13H2,1H3,(H,30,31)(H,25,26,27). The molecule has 1 fully saturated rings. The third-order valence-corrected chi connectivity index (χ3v) is 6.24. The molecule has 2 aliphatic heterocycles. The summed E-state index contributed by atoms with van der Waals surface area (Å²) >= 11 is 0. The van der Waals surface area contributed by atoms with E-state index in [0.717, 1.165) is 41.2 Å². The number of nitrogens with one attached hydrogen (secondary N) is 1. The lowest BCUT2D eigenvalue weighted by molar-refractivity contribution is 0.0853. The first-order chi connectivity index (χ1) is 16.1. The van der Waals surface area contributed by atoms with Crippen LogP contribution in [0.25, 0.3) is 11.3 Å². The molecule has 0 atom stereocenters. The Hall–Kier alpha value is -3.66. The number of rotatable bonds is 5. The Bertz CT molecular complexity index is 1110. The number of nitrogens with zero attached hydrogens (tertiary/aromatic N) is 5. The largest absolute Gasteiger partial charge is 0.465 e. The van der Waals surface area contributed by atoms with Gasteiger partial charge in [0.2, 0.25) is 5.95 Å². The maximum atomic E-state index is 11.6. The first kappa shape index (κ1) is 21.2. The molecular weight excluding hydrogens is 424 g/mol. The lowest BCUT2D eigenvalue weighted by atomic mass is 10.0. The fourth-order valence-corrected chi connectivity index (χ4v) is 4.36. The first-order valence-electron chi connectivity index (χ1n) is 11.0. The van der Waals surface area contributed by atoms with Crippen molar-refractivity contribution >= 4 is 23.5 Å². The van der Waals surface area contributed by atoms with Gasteiger partial charge in [-0.2, -0.15) is 4.98 Å². The highest BCUT2D eigenvalue weighted by molar-refractivity contribution is 5.67. The lowest BCUT2D eigenvalue weighted by Gasteiger charge is -2.35. The molecule has 2 aromatic heterocycles. The fourth-order valence-electron chi connectivity index (χ4n) is 4.36. The molecule has 10 heteroatoms. The molecule has 0 bridgehead atoms. The van der Waals surface area contributed by atoms with Crippen LogP contribution in [0.1, 0.15) is 24.1 Å². The quantitative estimate of drug-likeness (QED) is 0.602. The van der Waals surface area contributed by atoms with Crippen molar-refractivity contribution in [1.82, 2.24) is 19.9 Å². The zero-order valence-corrected chi connectivity index (χ0v) is 18.4. The van der Waals surface area contributed by atoms with Gasteiger partial charge >= 0.3 is 6.09 Å². The van der Waals surface area contributed by atoms with Crippen molar-refractivity contribution in [2.24, 2.45) is 0 Å². The molecule has 1 saturated heterocycles. The van der Waals surface area contributed by atoms with Crippen molar-refractivity contribution in [3.63, 3.8) is 0 Å². The second kappa shape index (κ2) is 9.07. The van der Waals surface area contributed by atoms with Gasteiger partial charge in [-0.3, -0.25) is 0 Å². The van der Waals surface area contributed by atoms with Gasteiger partial charge < -0.3 is 29.4 Å². The van der Waals surface area contributed by atoms with Crippen LogP contribution in [0.15, 0.2) is 41.3 Å². The minimum Gasteiger partial charge on any atom is -0.465 e. The Morgan fingerprint density at radius 1 is 1.21 bits per heavy atom. The maximum Gasteiger partial charge on any atom is 0.407 e. The predicted octanol–water partition coefficient (Wildman–Crippen LogP) is 3.53. The number of carbonyl (C=O) groups is 1. The van der Waals surface area contributed by atoms with Gasteiger partial charge in [-0.15, -0.1) is 0 Å². The highest BCUT2D eigenvalue weighted by Gasteiger charge is 2.29. The molecule has 0 aliphatic carbocycles. The normalized spacial score (nSPS) is 16.3. The highest BCUT2D eigenvalue weighted by atomic mass is 16.5. The van der Waals surface area contributed by atoms with Gasteiger partial charge in [0.15, 0.2) is 12.2 Å². The zero-order valence-electron chi connectivity index (χ0n) is 18.4. The number of ether oxygens (including phenoxy) is 1. The van der Waals surface area contributed by atoms with Crippen molar-refractivity contribution in [2.75, 3.05) is 37.0 Å². The number of aromatic nitrogens is 3. The van der Waals surface area contributed by atoms with Crippen molar-refractivity contribution in [3.8, 4) is 11.3 Å². The van der Waals surface area contributed by atoms with E-state index in [1.54, 1.807) is 6.20 Å². The van der Waals surface area contributed by atoms with E-state index >= 15 is 0 Å². The molecular formula is C23H26N6O4. The van der Waals surface area contributed by atoms with E-state index in [-0.39, 0.29) is 6.04 Å². The number of carboxylic acid groups (broad SMARTS) is 1. The molecule has 3 aromatic rings. The van der Waals surface area contributed by atoms with Crippen LogP contribution in [-0.4, -0.2) is 63.9 Å². The number of hydrogen-bond donors (Lipinski definition) is 2. The van der Waals surface area contributed by atoms with E-state index < -0.39 is 6.09 Å². The number of hydrogen-bond acceptors (Lipinski definition) is 8. The monoisotopic (exact) mass is 450 g/mol. The Morgan fingerprint density at radius 3 is 2.70 bits per heavy atom. The molecule has 33 heavy (non-hydrogen) atoms. The van der Waals surface area contributed by atoms with E-state index in [2.05, 4.69) is 15.2 Å². The minimum absolute atomic E-state index is 0.284. The number of fused-ring (bicyclic) bond motifs is 1. The summed E-state index contributed by atoms with van der Waals surface area (Å²) < 4.78 is 10.9. The van der Waals surface area contributed by atoms with Crippen LogP contribution in [0.4, 0.5) is 22.2 Å². The molecule has 2 aliphatic rings. The first-order valence-corrected chi connectivity index (χ1v) is 11.0. The topological polar surface area (TPSA) is 117 Å². The summed E-state index contributed by atoms with van der Waals surface area (Å²) in [6.07, 6.45) is 4.53. The molecule has 0 saturated carbocycles. The number of anilines is 3. The molecule has 4 heterocycles. The summed E-state index contributed by atoms with van der Waals surface area (Å²) in [5, 5.41) is 12.8. The molecule has 172 valence electrons. The molecule has 0 radical (unpaired) electrons. The molecule has 1 aromatic carbocycles. The van der Waals surface area contributed by atoms with Crippen LogP contribution in [-0.2, 0) is 17.7 Å². The highest BCUT2D eigenvalue weighted by Crippen LogP contribution is 2.31. The Balaban J connectivity index is 1.45. The smallest absolute Gasteiger partial charge is 0.407 e. The summed E-state index contributed by atoms with van der Waals surface area (Å²) in [7, 11) is 2.02. The van der Waals surface area contributed by atoms with E-state index in [9.17, 15) is 9.90 Å². The SMILES string of the molecule is CN(c1nc(Nc2ccc(-c3cnco3)cc2)nc2c1CN(C(=O)O)CC2)C1CCOCC1. The number of oxazole rings is 1. The third-order valence-electron chi connectivity index (χ3n) is 6.24. The van der Waals surface area contributed by atoms with E-state index in [0.29, 0.717) is 44.4 Å². The summed E-state index contributed by atoms with van der Waals surface area (Å²) in [6, 6.07) is 8.05. The average molecular weight is 450 g/mol. The van der Waals surface area contributed by atoms with Gasteiger partial charge in [-0.1, -0.05) is 0 Å². The number of amides is 1. The summed E-state index contributed by atoms with van der Waals surface area (Å²) in [5.74, 6) is 1.98. The second-order valence-electron chi connectivity index (χ2n) is 8.27. The summed E-state index contributed by atoms with van der Waals surface area (Å²) in [4.78, 5) is 28.7. The molecule has 0 unspecified atom stereocenters. The average Bonchev–Trinajstić information content (AvgIpc) is 3.39. The Labute approximate surface area is 191 Å². The maximum absolute atomic E-state index is 11.6. The Morgan fingerprint density at radius 2 is 2.00 bits per heavy atom. The molecule has 5 rings (SSSR count). The minimum atomic E-state index is -0.922. The third kappa shape index (κ3) is 4.47. The lowest BCUT2D eigenvalue weighted by Crippen LogP contribution is -2.40. The van der Waals surface area contributed by atoms with Crippen LogP contribution in [0.3, 0.4) is 0 Å². The van der Waals surface area contributed by atoms with Gasteiger partial charge in [-0.05, 0) is 37.1 Å². The summed E-state index contributed by atoms with van der Waals surface area (Å²) in [6.45, 7) is 2.14. The molecule has 0 spiro atoms.